The standard InChI is InChI=1S/C21H22N2O2S/c1-2-3-4-5-11-25-18-8-6-7-16(12-18)14-22-21(24)17-9-10-19-20(13-17)26-15-23-19/h2-3,6-10,12-13,15H,4-5,11,14H2,1H3,(H,22,24). The molecule has 1 amide bonds. The fourth-order valence-electron chi connectivity index (χ4n) is 2.58. The highest BCUT2D eigenvalue weighted by molar-refractivity contribution is 7.16. The van der Waals surface area contributed by atoms with E-state index in [1.807, 2.05) is 49.4 Å². The Morgan fingerprint density at radius 1 is 1.27 bits per heavy atom. The van der Waals surface area contributed by atoms with E-state index in [0.29, 0.717) is 18.7 Å². The van der Waals surface area contributed by atoms with E-state index >= 15 is 0 Å². The highest BCUT2D eigenvalue weighted by Gasteiger charge is 2.07. The molecule has 0 fully saturated rings. The van der Waals surface area contributed by atoms with Gasteiger partial charge in [0.2, 0.25) is 0 Å². The molecule has 0 bridgehead atoms. The fourth-order valence-corrected chi connectivity index (χ4v) is 3.30. The molecule has 1 heterocycles. The lowest BCUT2D eigenvalue weighted by Gasteiger charge is -2.09. The number of aromatic nitrogens is 1. The van der Waals surface area contributed by atoms with Gasteiger partial charge in [0.1, 0.15) is 5.75 Å². The second kappa shape index (κ2) is 9.15. The summed E-state index contributed by atoms with van der Waals surface area (Å²) in [6.45, 7) is 3.18. The van der Waals surface area contributed by atoms with Crippen molar-refractivity contribution in [3.8, 4) is 5.75 Å². The Hall–Kier alpha value is -2.66. The van der Waals surface area contributed by atoms with Crippen LogP contribution in [0.2, 0.25) is 0 Å². The summed E-state index contributed by atoms with van der Waals surface area (Å²) in [6, 6.07) is 13.4. The summed E-state index contributed by atoms with van der Waals surface area (Å²) >= 11 is 1.54. The predicted molar refractivity (Wildman–Crippen MR) is 107 cm³/mol. The summed E-state index contributed by atoms with van der Waals surface area (Å²) in [6.07, 6.45) is 6.20. The average molecular weight is 366 g/mol. The van der Waals surface area contributed by atoms with Crippen LogP contribution >= 0.6 is 11.3 Å². The summed E-state index contributed by atoms with van der Waals surface area (Å²) < 4.78 is 6.79. The lowest BCUT2D eigenvalue weighted by molar-refractivity contribution is 0.0951. The molecule has 4 nitrogen and oxygen atoms in total. The second-order valence-corrected chi connectivity index (χ2v) is 6.81. The molecule has 5 heteroatoms. The van der Waals surface area contributed by atoms with Gasteiger partial charge in [0.25, 0.3) is 5.91 Å². The number of allylic oxidation sites excluding steroid dienone is 2. The highest BCUT2D eigenvalue weighted by Crippen LogP contribution is 2.19. The number of fused-ring (bicyclic) bond motifs is 1. The lowest BCUT2D eigenvalue weighted by atomic mass is 10.2. The van der Waals surface area contributed by atoms with Crippen molar-refractivity contribution in [2.75, 3.05) is 6.61 Å². The van der Waals surface area contributed by atoms with Gasteiger partial charge in [-0.25, -0.2) is 4.98 Å². The van der Waals surface area contributed by atoms with Crippen molar-refractivity contribution in [1.29, 1.82) is 0 Å². The van der Waals surface area contributed by atoms with Crippen LogP contribution in [0.25, 0.3) is 10.2 Å². The molecule has 3 rings (SSSR count). The minimum Gasteiger partial charge on any atom is -0.494 e. The number of nitrogens with one attached hydrogen (secondary N) is 1. The van der Waals surface area contributed by atoms with Crippen molar-refractivity contribution < 1.29 is 9.53 Å². The average Bonchev–Trinajstić information content (AvgIpc) is 3.14. The summed E-state index contributed by atoms with van der Waals surface area (Å²) in [4.78, 5) is 16.6. The van der Waals surface area contributed by atoms with Crippen LogP contribution in [-0.4, -0.2) is 17.5 Å². The van der Waals surface area contributed by atoms with E-state index in [-0.39, 0.29) is 5.91 Å². The van der Waals surface area contributed by atoms with Crippen LogP contribution in [-0.2, 0) is 6.54 Å². The van der Waals surface area contributed by atoms with E-state index < -0.39 is 0 Å². The Labute approximate surface area is 157 Å². The topological polar surface area (TPSA) is 51.2 Å². The Bertz CT molecular complexity index is 902. The van der Waals surface area contributed by atoms with Crippen LogP contribution < -0.4 is 10.1 Å². The van der Waals surface area contributed by atoms with Gasteiger partial charge < -0.3 is 10.1 Å². The third kappa shape index (κ3) is 4.92. The number of hydrogen-bond donors (Lipinski definition) is 1. The van der Waals surface area contributed by atoms with Crippen molar-refractivity contribution in [3.05, 3.63) is 71.3 Å². The largest absolute Gasteiger partial charge is 0.494 e. The molecule has 0 aliphatic heterocycles. The molecule has 0 aliphatic rings. The zero-order valence-corrected chi connectivity index (χ0v) is 15.6. The summed E-state index contributed by atoms with van der Waals surface area (Å²) in [5.74, 6) is 0.751. The van der Waals surface area contributed by atoms with Crippen LogP contribution in [0.5, 0.6) is 5.75 Å². The summed E-state index contributed by atoms with van der Waals surface area (Å²) in [7, 11) is 0. The van der Waals surface area contributed by atoms with E-state index in [1.54, 1.807) is 5.51 Å². The zero-order valence-electron chi connectivity index (χ0n) is 14.8. The normalized spacial score (nSPS) is 11.1. The van der Waals surface area contributed by atoms with Crippen LogP contribution in [0.15, 0.2) is 60.1 Å². The van der Waals surface area contributed by atoms with Crippen LogP contribution in [0.3, 0.4) is 0 Å². The molecule has 26 heavy (non-hydrogen) atoms. The van der Waals surface area contributed by atoms with Crippen molar-refractivity contribution in [2.24, 2.45) is 0 Å². The summed E-state index contributed by atoms with van der Waals surface area (Å²) in [5.41, 5.74) is 4.38. The Kier molecular flexibility index (Phi) is 6.39. The quantitative estimate of drug-likeness (QED) is 0.453. The number of nitrogens with zero attached hydrogens (tertiary/aromatic N) is 1. The molecule has 1 aromatic heterocycles. The van der Waals surface area contributed by atoms with E-state index in [1.165, 1.54) is 11.3 Å². The first-order chi connectivity index (χ1) is 12.8. The first kappa shape index (κ1) is 18.1. The van der Waals surface area contributed by atoms with Gasteiger partial charge in [-0.15, -0.1) is 11.3 Å². The molecular weight excluding hydrogens is 344 g/mol. The molecule has 0 saturated carbocycles. The van der Waals surface area contributed by atoms with E-state index in [0.717, 1.165) is 34.4 Å². The van der Waals surface area contributed by atoms with E-state index in [2.05, 4.69) is 22.5 Å². The number of unbranched alkanes of at least 4 members (excludes halogenated alkanes) is 1. The molecule has 3 aromatic rings. The van der Waals surface area contributed by atoms with Gasteiger partial charge in [-0.05, 0) is 55.7 Å². The summed E-state index contributed by atoms with van der Waals surface area (Å²) in [5, 5.41) is 2.96. The Morgan fingerprint density at radius 2 is 2.19 bits per heavy atom. The van der Waals surface area contributed by atoms with Gasteiger partial charge in [0, 0.05) is 12.1 Å². The number of carbonyl (C=O) groups excluding carboxylic acids is 1. The van der Waals surface area contributed by atoms with Gasteiger partial charge in [0.05, 0.1) is 22.3 Å². The number of carbonyl (C=O) groups is 1. The minimum atomic E-state index is -0.0852. The number of ether oxygens (including phenoxy) is 1. The first-order valence-corrected chi connectivity index (χ1v) is 9.58. The number of hydrogen-bond acceptors (Lipinski definition) is 4. The highest BCUT2D eigenvalue weighted by atomic mass is 32.1. The second-order valence-electron chi connectivity index (χ2n) is 5.92. The van der Waals surface area contributed by atoms with Crippen molar-refractivity contribution in [1.82, 2.24) is 10.3 Å². The maximum absolute atomic E-state index is 12.4. The van der Waals surface area contributed by atoms with E-state index in [9.17, 15) is 4.79 Å². The first-order valence-electron chi connectivity index (χ1n) is 8.70. The fraction of sp³-hybridized carbons (Fsp3) is 0.238. The molecule has 0 spiro atoms. The van der Waals surface area contributed by atoms with Gasteiger partial charge in [-0.3, -0.25) is 4.79 Å². The molecule has 134 valence electrons. The molecule has 2 aromatic carbocycles. The van der Waals surface area contributed by atoms with Crippen LogP contribution in [0, 0.1) is 0 Å². The smallest absolute Gasteiger partial charge is 0.251 e. The van der Waals surface area contributed by atoms with Gasteiger partial charge in [-0.1, -0.05) is 24.3 Å². The molecule has 0 aliphatic carbocycles. The molecule has 0 radical (unpaired) electrons. The van der Waals surface area contributed by atoms with Crippen molar-refractivity contribution >= 4 is 27.5 Å². The maximum atomic E-state index is 12.4. The van der Waals surface area contributed by atoms with Crippen molar-refractivity contribution in [2.45, 2.75) is 26.3 Å². The number of amides is 1. The monoisotopic (exact) mass is 366 g/mol. The third-order valence-electron chi connectivity index (χ3n) is 3.96. The third-order valence-corrected chi connectivity index (χ3v) is 4.76. The Morgan fingerprint density at radius 3 is 3.08 bits per heavy atom. The van der Waals surface area contributed by atoms with Crippen LogP contribution in [0.1, 0.15) is 35.7 Å². The molecule has 1 N–H and O–H groups in total. The zero-order chi connectivity index (χ0) is 18.2. The number of rotatable bonds is 8. The molecule has 0 saturated heterocycles. The SMILES string of the molecule is CC=CCCCOc1cccc(CNC(=O)c2ccc3ncsc3c2)c1. The molecule has 0 atom stereocenters. The van der Waals surface area contributed by atoms with Gasteiger partial charge in [-0.2, -0.15) is 0 Å². The maximum Gasteiger partial charge on any atom is 0.251 e. The lowest BCUT2D eigenvalue weighted by Crippen LogP contribution is -2.22. The van der Waals surface area contributed by atoms with E-state index in [4.69, 9.17) is 4.74 Å². The van der Waals surface area contributed by atoms with Gasteiger partial charge >= 0.3 is 0 Å². The van der Waals surface area contributed by atoms with Crippen LogP contribution in [0.4, 0.5) is 0 Å². The minimum absolute atomic E-state index is 0.0852. The Balaban J connectivity index is 1.53. The van der Waals surface area contributed by atoms with Gasteiger partial charge in [0.15, 0.2) is 0 Å². The number of thiazole rings is 1. The van der Waals surface area contributed by atoms with Crippen molar-refractivity contribution in [3.63, 3.8) is 0 Å². The predicted octanol–water partition coefficient (Wildman–Crippen LogP) is 4.96. The molecule has 0 unspecified atom stereocenters. The number of benzene rings is 2. The molecular formula is C21H22N2O2S.